The van der Waals surface area contributed by atoms with Crippen LogP contribution in [0.4, 0.5) is 4.39 Å². The van der Waals surface area contributed by atoms with Crippen LogP contribution in [-0.2, 0) is 18.4 Å². The standard InChI is InChI=1S/C18H18ClFO/c1-18(21,16-9-8-15(19)11-17(16)20)14-7-6-12-4-2-3-5-13(12)10-14/h6-11,21H,2-5H2,1H3. The molecular weight excluding hydrogens is 287 g/mol. The van der Waals surface area contributed by atoms with Gasteiger partial charge < -0.3 is 5.11 Å². The van der Waals surface area contributed by atoms with Crippen molar-refractivity contribution in [3.63, 3.8) is 0 Å². The normalized spacial score (nSPS) is 17.1. The highest BCUT2D eigenvalue weighted by molar-refractivity contribution is 6.30. The molecule has 1 N–H and O–H groups in total. The fraction of sp³-hybridized carbons (Fsp3) is 0.333. The molecule has 3 heteroatoms. The Balaban J connectivity index is 2.05. The minimum Gasteiger partial charge on any atom is -0.381 e. The number of halogens is 2. The molecule has 0 aliphatic heterocycles. The zero-order valence-electron chi connectivity index (χ0n) is 12.0. The smallest absolute Gasteiger partial charge is 0.131 e. The Hall–Kier alpha value is -1.38. The minimum atomic E-state index is -1.36. The third-order valence-corrected chi connectivity index (χ3v) is 4.60. The van der Waals surface area contributed by atoms with Crippen LogP contribution in [0.25, 0.3) is 0 Å². The number of benzene rings is 2. The van der Waals surface area contributed by atoms with Gasteiger partial charge in [0.05, 0.1) is 0 Å². The van der Waals surface area contributed by atoms with Gasteiger partial charge in [-0.3, -0.25) is 0 Å². The van der Waals surface area contributed by atoms with Crippen molar-refractivity contribution in [2.45, 2.75) is 38.2 Å². The fourth-order valence-electron chi connectivity index (χ4n) is 3.08. The maximum absolute atomic E-state index is 14.1. The molecule has 1 atom stereocenters. The summed E-state index contributed by atoms with van der Waals surface area (Å²) in [5.74, 6) is -0.481. The Labute approximate surface area is 129 Å². The summed E-state index contributed by atoms with van der Waals surface area (Å²) >= 11 is 5.79. The predicted molar refractivity (Wildman–Crippen MR) is 83.2 cm³/mol. The Bertz CT molecular complexity index is 679. The fourth-order valence-corrected chi connectivity index (χ4v) is 3.23. The summed E-state index contributed by atoms with van der Waals surface area (Å²) in [4.78, 5) is 0. The summed E-state index contributed by atoms with van der Waals surface area (Å²) in [5.41, 5.74) is 2.24. The molecule has 0 amide bonds. The molecule has 0 radical (unpaired) electrons. The van der Waals surface area contributed by atoms with Gasteiger partial charge in [-0.1, -0.05) is 35.9 Å². The summed E-state index contributed by atoms with van der Waals surface area (Å²) in [6.07, 6.45) is 4.51. The average molecular weight is 305 g/mol. The van der Waals surface area contributed by atoms with Crippen molar-refractivity contribution in [3.8, 4) is 0 Å². The van der Waals surface area contributed by atoms with E-state index in [9.17, 15) is 9.50 Å². The third-order valence-electron chi connectivity index (χ3n) is 4.37. The van der Waals surface area contributed by atoms with Gasteiger partial charge in [-0.25, -0.2) is 4.39 Å². The molecule has 0 spiro atoms. The van der Waals surface area contributed by atoms with E-state index in [1.54, 1.807) is 19.1 Å². The van der Waals surface area contributed by atoms with E-state index in [0.717, 1.165) is 18.4 Å². The molecule has 2 aromatic rings. The van der Waals surface area contributed by atoms with Crippen molar-refractivity contribution in [2.75, 3.05) is 0 Å². The molecule has 0 aromatic heterocycles. The number of rotatable bonds is 2. The van der Waals surface area contributed by atoms with E-state index in [0.29, 0.717) is 5.02 Å². The van der Waals surface area contributed by atoms with Crippen LogP contribution < -0.4 is 0 Å². The number of aryl methyl sites for hydroxylation is 2. The predicted octanol–water partition coefficient (Wildman–Crippen LogP) is 4.61. The first-order valence-electron chi connectivity index (χ1n) is 7.28. The van der Waals surface area contributed by atoms with Crippen LogP contribution in [0.5, 0.6) is 0 Å². The molecule has 0 heterocycles. The quantitative estimate of drug-likeness (QED) is 0.859. The maximum atomic E-state index is 14.1. The van der Waals surface area contributed by atoms with Gasteiger partial charge in [0.15, 0.2) is 0 Å². The highest BCUT2D eigenvalue weighted by Crippen LogP contribution is 2.34. The molecule has 3 rings (SSSR count). The van der Waals surface area contributed by atoms with Crippen molar-refractivity contribution in [1.29, 1.82) is 0 Å². The van der Waals surface area contributed by atoms with Gasteiger partial charge in [0.2, 0.25) is 0 Å². The van der Waals surface area contributed by atoms with Crippen molar-refractivity contribution in [2.24, 2.45) is 0 Å². The van der Waals surface area contributed by atoms with E-state index in [-0.39, 0.29) is 5.56 Å². The lowest BCUT2D eigenvalue weighted by Gasteiger charge is -2.27. The van der Waals surface area contributed by atoms with E-state index >= 15 is 0 Å². The molecule has 0 fully saturated rings. The molecule has 2 aromatic carbocycles. The van der Waals surface area contributed by atoms with E-state index in [1.807, 2.05) is 12.1 Å². The minimum absolute atomic E-state index is 0.252. The lowest BCUT2D eigenvalue weighted by atomic mass is 9.83. The van der Waals surface area contributed by atoms with Crippen LogP contribution in [0.3, 0.4) is 0 Å². The van der Waals surface area contributed by atoms with Gasteiger partial charge in [-0.05, 0) is 61.4 Å². The highest BCUT2D eigenvalue weighted by Gasteiger charge is 2.29. The van der Waals surface area contributed by atoms with E-state index in [4.69, 9.17) is 11.6 Å². The van der Waals surface area contributed by atoms with E-state index in [1.165, 1.54) is 30.0 Å². The highest BCUT2D eigenvalue weighted by atomic mass is 35.5. The van der Waals surface area contributed by atoms with Gasteiger partial charge >= 0.3 is 0 Å². The third kappa shape index (κ3) is 2.70. The molecule has 0 saturated heterocycles. The number of fused-ring (bicyclic) bond motifs is 1. The second kappa shape index (κ2) is 5.43. The van der Waals surface area contributed by atoms with Crippen LogP contribution in [0.1, 0.15) is 42.0 Å². The first-order valence-corrected chi connectivity index (χ1v) is 7.66. The largest absolute Gasteiger partial charge is 0.381 e. The van der Waals surface area contributed by atoms with Crippen molar-refractivity contribution < 1.29 is 9.50 Å². The van der Waals surface area contributed by atoms with Crippen LogP contribution in [0.15, 0.2) is 36.4 Å². The monoisotopic (exact) mass is 304 g/mol. The maximum Gasteiger partial charge on any atom is 0.131 e. The summed E-state index contributed by atoms with van der Waals surface area (Å²) in [5, 5.41) is 11.2. The van der Waals surface area contributed by atoms with Crippen molar-refractivity contribution in [3.05, 3.63) is 69.5 Å². The zero-order chi connectivity index (χ0) is 15.0. The Morgan fingerprint density at radius 3 is 2.48 bits per heavy atom. The second-order valence-electron chi connectivity index (χ2n) is 5.89. The van der Waals surface area contributed by atoms with Gasteiger partial charge in [-0.15, -0.1) is 0 Å². The number of aliphatic hydroxyl groups is 1. The lowest BCUT2D eigenvalue weighted by Crippen LogP contribution is -2.25. The summed E-state index contributed by atoms with van der Waals surface area (Å²) < 4.78 is 14.1. The van der Waals surface area contributed by atoms with Gasteiger partial charge in [0, 0.05) is 10.6 Å². The van der Waals surface area contributed by atoms with Gasteiger partial charge in [0.25, 0.3) is 0 Å². The first-order chi connectivity index (χ1) is 9.98. The summed E-state index contributed by atoms with van der Waals surface area (Å²) in [6.45, 7) is 1.63. The van der Waals surface area contributed by atoms with Crippen LogP contribution in [0.2, 0.25) is 5.02 Å². The SMILES string of the molecule is CC(O)(c1ccc2c(c1)CCCC2)c1ccc(Cl)cc1F. The van der Waals surface area contributed by atoms with Gasteiger partial charge in [-0.2, -0.15) is 0 Å². The Morgan fingerprint density at radius 2 is 1.76 bits per heavy atom. The molecule has 0 saturated carbocycles. The molecule has 1 unspecified atom stereocenters. The second-order valence-corrected chi connectivity index (χ2v) is 6.32. The van der Waals surface area contributed by atoms with Crippen LogP contribution in [0, 0.1) is 5.82 Å². The van der Waals surface area contributed by atoms with Gasteiger partial charge in [0.1, 0.15) is 11.4 Å². The van der Waals surface area contributed by atoms with E-state index < -0.39 is 11.4 Å². The van der Waals surface area contributed by atoms with Crippen LogP contribution in [-0.4, -0.2) is 5.11 Å². The Kier molecular flexibility index (Phi) is 3.76. The zero-order valence-corrected chi connectivity index (χ0v) is 12.8. The first kappa shape index (κ1) is 14.6. The molecular formula is C18H18ClFO. The summed E-state index contributed by atoms with van der Waals surface area (Å²) in [7, 11) is 0. The topological polar surface area (TPSA) is 20.2 Å². The molecule has 0 bridgehead atoms. The molecule has 1 aliphatic carbocycles. The molecule has 1 nitrogen and oxygen atoms in total. The van der Waals surface area contributed by atoms with E-state index in [2.05, 4.69) is 6.07 Å². The Morgan fingerprint density at radius 1 is 1.05 bits per heavy atom. The number of hydrogen-bond donors (Lipinski definition) is 1. The van der Waals surface area contributed by atoms with Crippen molar-refractivity contribution >= 4 is 11.6 Å². The lowest BCUT2D eigenvalue weighted by molar-refractivity contribution is 0.0978. The number of hydrogen-bond acceptors (Lipinski definition) is 1. The molecule has 110 valence electrons. The summed E-state index contributed by atoms with van der Waals surface area (Å²) in [6, 6.07) is 10.4. The average Bonchev–Trinajstić information content (AvgIpc) is 2.46. The molecule has 1 aliphatic rings. The van der Waals surface area contributed by atoms with Crippen LogP contribution >= 0.6 is 11.6 Å². The van der Waals surface area contributed by atoms with Crippen molar-refractivity contribution in [1.82, 2.24) is 0 Å². The molecule has 21 heavy (non-hydrogen) atoms.